The summed E-state index contributed by atoms with van der Waals surface area (Å²) in [6.45, 7) is 2.11. The Morgan fingerprint density at radius 1 is 1.64 bits per heavy atom. The van der Waals surface area contributed by atoms with Crippen molar-refractivity contribution in [2.75, 3.05) is 0 Å². The smallest absolute Gasteiger partial charge is 0.220 e. The highest BCUT2D eigenvalue weighted by atomic mass is 16.3. The van der Waals surface area contributed by atoms with E-state index in [0.29, 0.717) is 6.42 Å². The fraction of sp³-hybridized carbons (Fsp3) is 0.545. The lowest BCUT2D eigenvalue weighted by Gasteiger charge is -2.26. The van der Waals surface area contributed by atoms with E-state index in [-0.39, 0.29) is 11.4 Å². The van der Waals surface area contributed by atoms with E-state index in [4.69, 9.17) is 4.42 Å². The van der Waals surface area contributed by atoms with Crippen LogP contribution < -0.4 is 5.32 Å². The number of hydrogen-bond acceptors (Lipinski definition) is 2. The van der Waals surface area contributed by atoms with Gasteiger partial charge in [0.05, 0.1) is 6.26 Å². The first-order chi connectivity index (χ1) is 6.74. The molecular weight excluding hydrogens is 178 g/mol. The predicted molar refractivity (Wildman–Crippen MR) is 52.8 cm³/mol. The summed E-state index contributed by atoms with van der Waals surface area (Å²) in [7, 11) is 0. The quantitative estimate of drug-likeness (QED) is 0.796. The number of hydrogen-bond donors (Lipinski definition) is 1. The summed E-state index contributed by atoms with van der Waals surface area (Å²) in [6, 6.07) is 3.84. The molecule has 1 aliphatic rings. The minimum absolute atomic E-state index is 0.0606. The lowest BCUT2D eigenvalue weighted by molar-refractivity contribution is -0.119. The highest BCUT2D eigenvalue weighted by Gasteiger charge is 2.36. The molecule has 1 aliphatic heterocycles. The maximum atomic E-state index is 11.2. The summed E-state index contributed by atoms with van der Waals surface area (Å²) in [5, 5.41) is 3.06. The summed E-state index contributed by atoms with van der Waals surface area (Å²) >= 11 is 0. The number of furan rings is 1. The molecule has 2 heterocycles. The SMILES string of the molecule is CCC1(Cc2ccco2)CCC(=O)N1. The maximum Gasteiger partial charge on any atom is 0.220 e. The average molecular weight is 193 g/mol. The highest BCUT2D eigenvalue weighted by Crippen LogP contribution is 2.27. The molecule has 1 aromatic rings. The zero-order valence-corrected chi connectivity index (χ0v) is 8.38. The van der Waals surface area contributed by atoms with Gasteiger partial charge in [-0.1, -0.05) is 6.92 Å². The monoisotopic (exact) mass is 193 g/mol. The van der Waals surface area contributed by atoms with Crippen molar-refractivity contribution in [3.63, 3.8) is 0 Å². The molecule has 3 nitrogen and oxygen atoms in total. The van der Waals surface area contributed by atoms with Gasteiger partial charge in [-0.15, -0.1) is 0 Å². The fourth-order valence-corrected chi connectivity index (χ4v) is 2.04. The van der Waals surface area contributed by atoms with Crippen LogP contribution in [0, 0.1) is 0 Å². The lowest BCUT2D eigenvalue weighted by atomic mass is 9.89. The Morgan fingerprint density at radius 3 is 3.00 bits per heavy atom. The first kappa shape index (κ1) is 9.31. The third-order valence-corrected chi connectivity index (χ3v) is 3.00. The molecule has 14 heavy (non-hydrogen) atoms. The standard InChI is InChI=1S/C11H15NO2/c1-2-11(6-5-10(13)12-11)8-9-4-3-7-14-9/h3-4,7H,2,5-6,8H2,1H3,(H,12,13). The van der Waals surface area contributed by atoms with Crippen molar-refractivity contribution in [3.05, 3.63) is 24.2 Å². The van der Waals surface area contributed by atoms with Crippen LogP contribution in [0.3, 0.4) is 0 Å². The molecule has 1 unspecified atom stereocenters. The molecule has 1 amide bonds. The second kappa shape index (κ2) is 3.48. The van der Waals surface area contributed by atoms with Crippen LogP contribution in [0.5, 0.6) is 0 Å². The Hall–Kier alpha value is -1.25. The Labute approximate surface area is 83.5 Å². The second-order valence-electron chi connectivity index (χ2n) is 3.94. The maximum absolute atomic E-state index is 11.2. The lowest BCUT2D eigenvalue weighted by Crippen LogP contribution is -2.42. The van der Waals surface area contributed by atoms with E-state index < -0.39 is 0 Å². The molecular formula is C11H15NO2. The number of amides is 1. The summed E-state index contributed by atoms with van der Waals surface area (Å²) in [5.74, 6) is 1.12. The Bertz CT molecular complexity index is 318. The van der Waals surface area contributed by atoms with Gasteiger partial charge in [-0.2, -0.15) is 0 Å². The summed E-state index contributed by atoms with van der Waals surface area (Å²) in [5.41, 5.74) is -0.0606. The molecule has 3 heteroatoms. The number of rotatable bonds is 3. The van der Waals surface area contributed by atoms with Gasteiger partial charge in [0, 0.05) is 18.4 Å². The van der Waals surface area contributed by atoms with Crippen LogP contribution in [-0.2, 0) is 11.2 Å². The van der Waals surface area contributed by atoms with Gasteiger partial charge in [0.25, 0.3) is 0 Å². The van der Waals surface area contributed by atoms with Gasteiger partial charge in [0.2, 0.25) is 5.91 Å². The van der Waals surface area contributed by atoms with Crippen LogP contribution in [0.25, 0.3) is 0 Å². The zero-order valence-electron chi connectivity index (χ0n) is 8.38. The van der Waals surface area contributed by atoms with Crippen LogP contribution >= 0.6 is 0 Å². The summed E-state index contributed by atoms with van der Waals surface area (Å²) < 4.78 is 5.31. The average Bonchev–Trinajstić information content (AvgIpc) is 2.77. The van der Waals surface area contributed by atoms with Crippen molar-refractivity contribution in [2.45, 2.75) is 38.1 Å². The molecule has 0 aliphatic carbocycles. The summed E-state index contributed by atoms with van der Waals surface area (Å²) in [4.78, 5) is 11.2. The molecule has 76 valence electrons. The Balaban J connectivity index is 2.10. The molecule has 1 aromatic heterocycles. The van der Waals surface area contributed by atoms with Crippen molar-refractivity contribution in [2.24, 2.45) is 0 Å². The van der Waals surface area contributed by atoms with Gasteiger partial charge < -0.3 is 9.73 Å². The minimum Gasteiger partial charge on any atom is -0.469 e. The number of carbonyl (C=O) groups excluding carboxylic acids is 1. The molecule has 1 atom stereocenters. The van der Waals surface area contributed by atoms with Crippen LogP contribution in [0.2, 0.25) is 0 Å². The van der Waals surface area contributed by atoms with Gasteiger partial charge in [0.1, 0.15) is 5.76 Å². The molecule has 1 N–H and O–H groups in total. The molecule has 0 radical (unpaired) electrons. The molecule has 2 rings (SSSR count). The van der Waals surface area contributed by atoms with E-state index in [9.17, 15) is 4.79 Å². The molecule has 0 spiro atoms. The Morgan fingerprint density at radius 2 is 2.50 bits per heavy atom. The normalized spacial score (nSPS) is 26.5. The van der Waals surface area contributed by atoms with Crippen LogP contribution in [0.15, 0.2) is 22.8 Å². The van der Waals surface area contributed by atoms with Crippen molar-refractivity contribution >= 4 is 5.91 Å². The topological polar surface area (TPSA) is 42.2 Å². The number of nitrogens with one attached hydrogen (secondary N) is 1. The van der Waals surface area contributed by atoms with Gasteiger partial charge in [-0.3, -0.25) is 4.79 Å². The first-order valence-corrected chi connectivity index (χ1v) is 5.07. The largest absolute Gasteiger partial charge is 0.469 e. The van der Waals surface area contributed by atoms with E-state index in [2.05, 4.69) is 12.2 Å². The molecule has 1 saturated heterocycles. The van der Waals surface area contributed by atoms with Crippen LogP contribution in [0.1, 0.15) is 31.9 Å². The van der Waals surface area contributed by atoms with Gasteiger partial charge in [-0.05, 0) is 25.0 Å². The van der Waals surface area contributed by atoms with Crippen molar-refractivity contribution < 1.29 is 9.21 Å². The molecule has 0 bridgehead atoms. The van der Waals surface area contributed by atoms with Gasteiger partial charge in [0.15, 0.2) is 0 Å². The van der Waals surface area contributed by atoms with Crippen LogP contribution in [-0.4, -0.2) is 11.4 Å². The third-order valence-electron chi connectivity index (χ3n) is 3.00. The van der Waals surface area contributed by atoms with Gasteiger partial charge >= 0.3 is 0 Å². The summed E-state index contributed by atoms with van der Waals surface area (Å²) in [6.07, 6.45) is 5.01. The minimum atomic E-state index is -0.0606. The van der Waals surface area contributed by atoms with Gasteiger partial charge in [-0.25, -0.2) is 0 Å². The molecule has 1 fully saturated rings. The van der Waals surface area contributed by atoms with E-state index in [1.54, 1.807) is 6.26 Å². The number of carbonyl (C=O) groups is 1. The highest BCUT2D eigenvalue weighted by molar-refractivity contribution is 5.79. The van der Waals surface area contributed by atoms with Crippen LogP contribution in [0.4, 0.5) is 0 Å². The Kier molecular flexibility index (Phi) is 2.32. The zero-order chi connectivity index (χ0) is 10.0. The van der Waals surface area contributed by atoms with E-state index >= 15 is 0 Å². The van der Waals surface area contributed by atoms with E-state index in [0.717, 1.165) is 25.0 Å². The van der Waals surface area contributed by atoms with E-state index in [1.165, 1.54) is 0 Å². The third kappa shape index (κ3) is 1.67. The molecule has 0 saturated carbocycles. The predicted octanol–water partition coefficient (Wildman–Crippen LogP) is 1.88. The van der Waals surface area contributed by atoms with Crippen molar-refractivity contribution in [1.29, 1.82) is 0 Å². The second-order valence-corrected chi connectivity index (χ2v) is 3.94. The molecule has 0 aromatic carbocycles. The van der Waals surface area contributed by atoms with E-state index in [1.807, 2.05) is 12.1 Å². The fourth-order valence-electron chi connectivity index (χ4n) is 2.04. The van der Waals surface area contributed by atoms with Crippen molar-refractivity contribution in [1.82, 2.24) is 5.32 Å². The van der Waals surface area contributed by atoms with Crippen molar-refractivity contribution in [3.8, 4) is 0 Å². The first-order valence-electron chi connectivity index (χ1n) is 5.07.